The summed E-state index contributed by atoms with van der Waals surface area (Å²) in [5.74, 6) is 0.471. The van der Waals surface area contributed by atoms with Crippen molar-refractivity contribution in [2.75, 3.05) is 6.61 Å². The second-order valence-corrected chi connectivity index (χ2v) is 6.48. The minimum Gasteiger partial charge on any atom is -0.465 e. The summed E-state index contributed by atoms with van der Waals surface area (Å²) in [6.07, 6.45) is 8.36. The summed E-state index contributed by atoms with van der Waals surface area (Å²) in [7, 11) is 0. The summed E-state index contributed by atoms with van der Waals surface area (Å²) in [4.78, 5) is 11.2. The zero-order valence-electron chi connectivity index (χ0n) is 12.7. The van der Waals surface area contributed by atoms with Gasteiger partial charge in [0.25, 0.3) is 0 Å². The van der Waals surface area contributed by atoms with Gasteiger partial charge in [0.2, 0.25) is 0 Å². The fraction of sp³-hybridized carbons (Fsp3) is 0.706. The highest BCUT2D eigenvalue weighted by atomic mass is 16.5. The number of rotatable bonds is 2. The van der Waals surface area contributed by atoms with Crippen LogP contribution in [0.5, 0.6) is 0 Å². The molecule has 19 heavy (non-hydrogen) atoms. The van der Waals surface area contributed by atoms with Gasteiger partial charge in [-0.15, -0.1) is 0 Å². The SMILES string of the molecule is CC(=O)OC[C@]12CCC[C@@H](C)C1=CC(=C(C)C)CC2. The minimum atomic E-state index is -0.153. The van der Waals surface area contributed by atoms with E-state index in [0.717, 1.165) is 12.8 Å². The standard InChI is InChI=1S/C17H26O2/c1-12(2)15-7-9-17(11-19-14(4)18)8-5-6-13(3)16(17)10-15/h10,13H,5-9,11H2,1-4H3/t13-,17-/m1/s1. The number of carbonyl (C=O) groups is 1. The minimum absolute atomic E-state index is 0.127. The van der Waals surface area contributed by atoms with Gasteiger partial charge in [-0.1, -0.05) is 30.6 Å². The third kappa shape index (κ3) is 2.93. The molecule has 2 nitrogen and oxygen atoms in total. The Bertz CT molecular complexity index is 427. The molecule has 1 fully saturated rings. The summed E-state index contributed by atoms with van der Waals surface area (Å²) >= 11 is 0. The molecule has 0 aromatic heterocycles. The van der Waals surface area contributed by atoms with Crippen molar-refractivity contribution in [2.24, 2.45) is 11.3 Å². The van der Waals surface area contributed by atoms with Gasteiger partial charge in [0.1, 0.15) is 6.61 Å². The van der Waals surface area contributed by atoms with Gasteiger partial charge >= 0.3 is 5.97 Å². The molecule has 0 amide bonds. The van der Waals surface area contributed by atoms with Crippen molar-refractivity contribution >= 4 is 5.97 Å². The highest BCUT2D eigenvalue weighted by Crippen LogP contribution is 2.51. The quantitative estimate of drug-likeness (QED) is 0.689. The topological polar surface area (TPSA) is 26.3 Å². The van der Waals surface area contributed by atoms with Crippen LogP contribution in [0.15, 0.2) is 22.8 Å². The molecule has 2 atom stereocenters. The summed E-state index contributed by atoms with van der Waals surface area (Å²) in [5, 5.41) is 0. The van der Waals surface area contributed by atoms with Gasteiger partial charge in [-0.05, 0) is 51.0 Å². The van der Waals surface area contributed by atoms with Crippen LogP contribution in [0.1, 0.15) is 59.8 Å². The first-order chi connectivity index (χ1) is 8.94. The second-order valence-electron chi connectivity index (χ2n) is 6.48. The van der Waals surface area contributed by atoms with Gasteiger partial charge in [0.15, 0.2) is 0 Å². The van der Waals surface area contributed by atoms with Gasteiger partial charge in [0, 0.05) is 12.3 Å². The molecule has 2 aliphatic carbocycles. The monoisotopic (exact) mass is 262 g/mol. The van der Waals surface area contributed by atoms with E-state index in [0.29, 0.717) is 12.5 Å². The molecular formula is C17H26O2. The van der Waals surface area contributed by atoms with E-state index in [2.05, 4.69) is 26.8 Å². The Balaban J connectivity index is 2.32. The Morgan fingerprint density at radius 2 is 2.11 bits per heavy atom. The van der Waals surface area contributed by atoms with E-state index in [4.69, 9.17) is 4.74 Å². The van der Waals surface area contributed by atoms with Crippen molar-refractivity contribution in [2.45, 2.75) is 59.8 Å². The van der Waals surface area contributed by atoms with Gasteiger partial charge < -0.3 is 4.74 Å². The first-order valence-corrected chi connectivity index (χ1v) is 7.46. The Hall–Kier alpha value is -1.05. The number of carbonyl (C=O) groups excluding carboxylic acids is 1. The van der Waals surface area contributed by atoms with E-state index in [1.54, 1.807) is 0 Å². The van der Waals surface area contributed by atoms with Crippen LogP contribution in [0.25, 0.3) is 0 Å². The van der Waals surface area contributed by atoms with Gasteiger partial charge in [-0.2, -0.15) is 0 Å². The van der Waals surface area contributed by atoms with E-state index in [1.807, 2.05) is 0 Å². The Morgan fingerprint density at radius 1 is 1.37 bits per heavy atom. The van der Waals surface area contributed by atoms with Crippen LogP contribution in [-0.2, 0) is 9.53 Å². The molecule has 1 saturated carbocycles. The normalized spacial score (nSPS) is 30.4. The molecule has 0 bridgehead atoms. The summed E-state index contributed by atoms with van der Waals surface area (Å²) < 4.78 is 5.39. The third-order valence-electron chi connectivity index (χ3n) is 4.83. The number of ether oxygens (including phenoxy) is 1. The lowest BCUT2D eigenvalue weighted by molar-refractivity contribution is -0.144. The maximum Gasteiger partial charge on any atom is 0.302 e. The molecular weight excluding hydrogens is 236 g/mol. The zero-order chi connectivity index (χ0) is 14.0. The lowest BCUT2D eigenvalue weighted by Crippen LogP contribution is -2.38. The smallest absolute Gasteiger partial charge is 0.302 e. The largest absolute Gasteiger partial charge is 0.465 e. The summed E-state index contributed by atoms with van der Waals surface area (Å²) in [6.45, 7) is 8.80. The van der Waals surface area contributed by atoms with Crippen LogP contribution in [0.2, 0.25) is 0 Å². The molecule has 0 N–H and O–H groups in total. The van der Waals surface area contributed by atoms with Crippen LogP contribution < -0.4 is 0 Å². The fourth-order valence-electron chi connectivity index (χ4n) is 3.63. The van der Waals surface area contributed by atoms with Crippen molar-refractivity contribution in [1.29, 1.82) is 0 Å². The molecule has 106 valence electrons. The number of fused-ring (bicyclic) bond motifs is 1. The number of hydrogen-bond acceptors (Lipinski definition) is 2. The van der Waals surface area contributed by atoms with Crippen LogP contribution in [0, 0.1) is 11.3 Å². The summed E-state index contributed by atoms with van der Waals surface area (Å²) in [6, 6.07) is 0. The molecule has 0 radical (unpaired) electrons. The zero-order valence-corrected chi connectivity index (χ0v) is 12.7. The Kier molecular flexibility index (Phi) is 4.17. The van der Waals surface area contributed by atoms with E-state index in [9.17, 15) is 4.79 Å². The second kappa shape index (κ2) is 5.52. The lowest BCUT2D eigenvalue weighted by atomic mass is 9.61. The highest BCUT2D eigenvalue weighted by molar-refractivity contribution is 5.66. The molecule has 0 aliphatic heterocycles. The number of allylic oxidation sites excluding steroid dienone is 3. The highest BCUT2D eigenvalue weighted by Gasteiger charge is 2.42. The van der Waals surface area contributed by atoms with Gasteiger partial charge in [-0.25, -0.2) is 0 Å². The predicted octanol–water partition coefficient (Wildman–Crippen LogP) is 4.41. The molecule has 0 heterocycles. The predicted molar refractivity (Wildman–Crippen MR) is 77.8 cm³/mol. The van der Waals surface area contributed by atoms with Crippen molar-refractivity contribution in [3.8, 4) is 0 Å². The van der Waals surface area contributed by atoms with E-state index in [1.165, 1.54) is 42.9 Å². The Morgan fingerprint density at radius 3 is 2.74 bits per heavy atom. The van der Waals surface area contributed by atoms with E-state index in [-0.39, 0.29) is 11.4 Å². The number of hydrogen-bond donors (Lipinski definition) is 0. The van der Waals surface area contributed by atoms with E-state index >= 15 is 0 Å². The average molecular weight is 262 g/mol. The maximum atomic E-state index is 11.2. The van der Waals surface area contributed by atoms with Crippen molar-refractivity contribution < 1.29 is 9.53 Å². The summed E-state index contributed by atoms with van der Waals surface area (Å²) in [5.41, 5.74) is 4.57. The van der Waals surface area contributed by atoms with E-state index < -0.39 is 0 Å². The van der Waals surface area contributed by atoms with Crippen LogP contribution >= 0.6 is 0 Å². The van der Waals surface area contributed by atoms with Crippen LogP contribution in [0.3, 0.4) is 0 Å². The van der Waals surface area contributed by atoms with Crippen molar-refractivity contribution in [3.05, 3.63) is 22.8 Å². The van der Waals surface area contributed by atoms with Crippen LogP contribution in [-0.4, -0.2) is 12.6 Å². The molecule has 2 aliphatic rings. The molecule has 0 saturated heterocycles. The number of esters is 1. The van der Waals surface area contributed by atoms with Gasteiger partial charge in [0.05, 0.1) is 0 Å². The molecule has 0 aromatic rings. The fourth-order valence-corrected chi connectivity index (χ4v) is 3.63. The van der Waals surface area contributed by atoms with Gasteiger partial charge in [-0.3, -0.25) is 4.79 Å². The molecule has 2 heteroatoms. The van der Waals surface area contributed by atoms with Crippen molar-refractivity contribution in [3.63, 3.8) is 0 Å². The third-order valence-corrected chi connectivity index (χ3v) is 4.83. The lowest BCUT2D eigenvalue weighted by Gasteiger charge is -2.45. The molecule has 0 aromatic carbocycles. The molecule has 0 spiro atoms. The molecule has 0 unspecified atom stereocenters. The molecule has 2 rings (SSSR count). The first-order valence-electron chi connectivity index (χ1n) is 7.46. The Labute approximate surface area is 116 Å². The average Bonchev–Trinajstić information content (AvgIpc) is 2.36. The van der Waals surface area contributed by atoms with Crippen molar-refractivity contribution in [1.82, 2.24) is 0 Å². The first kappa shape index (κ1) is 14.4. The maximum absolute atomic E-state index is 11.2. The van der Waals surface area contributed by atoms with Crippen LogP contribution in [0.4, 0.5) is 0 Å².